The van der Waals surface area contributed by atoms with Crippen LogP contribution in [0.2, 0.25) is 0 Å². The minimum atomic E-state index is 0.383. The lowest BCUT2D eigenvalue weighted by atomic mass is 9.87. The van der Waals surface area contributed by atoms with Crippen molar-refractivity contribution in [3.63, 3.8) is 0 Å². The van der Waals surface area contributed by atoms with E-state index in [1.807, 2.05) is 0 Å². The first-order chi connectivity index (χ1) is 6.73. The summed E-state index contributed by atoms with van der Waals surface area (Å²) in [5.41, 5.74) is 0.433. The number of hydrogen-bond donors (Lipinski definition) is 0. The van der Waals surface area contributed by atoms with Crippen molar-refractivity contribution in [2.24, 2.45) is 0 Å². The summed E-state index contributed by atoms with van der Waals surface area (Å²) in [6, 6.07) is 0. The van der Waals surface area contributed by atoms with Crippen LogP contribution in [0.25, 0.3) is 0 Å². The molecule has 2 aliphatic rings. The fourth-order valence-electron chi connectivity index (χ4n) is 2.94. The lowest BCUT2D eigenvalue weighted by Gasteiger charge is -2.42. The zero-order valence-electron chi connectivity index (χ0n) is 9.59. The Bertz CT molecular complexity index is 193. The van der Waals surface area contributed by atoms with Gasteiger partial charge in [0.1, 0.15) is 0 Å². The number of ether oxygens (including phenoxy) is 1. The summed E-state index contributed by atoms with van der Waals surface area (Å²) in [5.74, 6) is 0. The molecule has 0 aromatic carbocycles. The van der Waals surface area contributed by atoms with Gasteiger partial charge in [-0.15, -0.1) is 0 Å². The molecule has 2 saturated heterocycles. The molecule has 2 heteroatoms. The lowest BCUT2D eigenvalue weighted by Crippen LogP contribution is -2.50. The van der Waals surface area contributed by atoms with Crippen molar-refractivity contribution in [2.75, 3.05) is 19.7 Å². The van der Waals surface area contributed by atoms with E-state index in [0.29, 0.717) is 11.6 Å². The second-order valence-electron chi connectivity index (χ2n) is 5.13. The normalized spacial score (nSPS) is 33.6. The average Bonchev–Trinajstić information content (AvgIpc) is 2.58. The molecule has 0 saturated carbocycles. The third-order valence-electron chi connectivity index (χ3n) is 3.75. The predicted octanol–water partition coefficient (Wildman–Crippen LogP) is 2.43. The van der Waals surface area contributed by atoms with Crippen molar-refractivity contribution in [2.45, 2.75) is 57.6 Å². The van der Waals surface area contributed by atoms with Crippen LogP contribution in [0.15, 0.2) is 0 Å². The SMILES string of the molecule is CC(C)OCC12CCCCN1CCC2. The van der Waals surface area contributed by atoms with Crippen LogP contribution >= 0.6 is 0 Å². The van der Waals surface area contributed by atoms with Gasteiger partial charge in [0.25, 0.3) is 0 Å². The Balaban J connectivity index is 1.96. The molecule has 0 aliphatic carbocycles. The second-order valence-corrected chi connectivity index (χ2v) is 5.13. The molecular formula is C12H23NO. The highest BCUT2D eigenvalue weighted by Crippen LogP contribution is 2.37. The van der Waals surface area contributed by atoms with Crippen LogP contribution in [-0.4, -0.2) is 36.2 Å². The molecule has 0 amide bonds. The van der Waals surface area contributed by atoms with E-state index in [4.69, 9.17) is 4.74 Å². The standard InChI is InChI=1S/C12H23NO/c1-11(2)14-10-12-6-3-4-8-13(12)9-5-7-12/h11H,3-10H2,1-2H3. The maximum absolute atomic E-state index is 5.84. The minimum absolute atomic E-state index is 0.383. The Morgan fingerprint density at radius 2 is 1.86 bits per heavy atom. The highest BCUT2D eigenvalue weighted by molar-refractivity contribution is 4.98. The number of piperidine rings is 1. The van der Waals surface area contributed by atoms with E-state index in [1.165, 1.54) is 45.2 Å². The predicted molar refractivity (Wildman–Crippen MR) is 58.5 cm³/mol. The fraction of sp³-hybridized carbons (Fsp3) is 1.00. The molecule has 0 radical (unpaired) electrons. The van der Waals surface area contributed by atoms with Gasteiger partial charge in [0, 0.05) is 5.54 Å². The molecule has 0 bridgehead atoms. The third-order valence-corrected chi connectivity index (χ3v) is 3.75. The molecule has 2 nitrogen and oxygen atoms in total. The van der Waals surface area contributed by atoms with Gasteiger partial charge >= 0.3 is 0 Å². The third kappa shape index (κ3) is 1.96. The average molecular weight is 197 g/mol. The van der Waals surface area contributed by atoms with E-state index in [1.54, 1.807) is 0 Å². The highest BCUT2D eigenvalue weighted by Gasteiger charge is 2.42. The van der Waals surface area contributed by atoms with Crippen LogP contribution in [-0.2, 0) is 4.74 Å². The first kappa shape index (κ1) is 10.4. The van der Waals surface area contributed by atoms with Crippen molar-refractivity contribution in [3.8, 4) is 0 Å². The van der Waals surface area contributed by atoms with Crippen molar-refractivity contribution >= 4 is 0 Å². The summed E-state index contributed by atoms with van der Waals surface area (Å²) in [6.07, 6.45) is 7.27. The topological polar surface area (TPSA) is 12.5 Å². The molecule has 82 valence electrons. The maximum atomic E-state index is 5.84. The van der Waals surface area contributed by atoms with Crippen LogP contribution in [0.3, 0.4) is 0 Å². The minimum Gasteiger partial charge on any atom is -0.377 e. The Morgan fingerprint density at radius 1 is 1.14 bits per heavy atom. The van der Waals surface area contributed by atoms with Crippen molar-refractivity contribution < 1.29 is 4.74 Å². The summed E-state index contributed by atoms with van der Waals surface area (Å²) in [4.78, 5) is 2.68. The molecule has 14 heavy (non-hydrogen) atoms. The molecule has 0 spiro atoms. The molecule has 2 aliphatic heterocycles. The molecule has 2 fully saturated rings. The van der Waals surface area contributed by atoms with E-state index in [9.17, 15) is 0 Å². The molecule has 2 rings (SSSR count). The first-order valence-corrected chi connectivity index (χ1v) is 6.10. The van der Waals surface area contributed by atoms with Gasteiger partial charge in [-0.1, -0.05) is 6.42 Å². The van der Waals surface area contributed by atoms with Gasteiger partial charge in [-0.2, -0.15) is 0 Å². The van der Waals surface area contributed by atoms with Gasteiger partial charge in [-0.05, 0) is 52.6 Å². The summed E-state index contributed by atoms with van der Waals surface area (Å²) >= 11 is 0. The van der Waals surface area contributed by atoms with Crippen LogP contribution in [0.1, 0.15) is 46.0 Å². The summed E-state index contributed by atoms with van der Waals surface area (Å²) in [7, 11) is 0. The van der Waals surface area contributed by atoms with E-state index in [-0.39, 0.29) is 0 Å². The van der Waals surface area contributed by atoms with E-state index in [2.05, 4.69) is 18.7 Å². The van der Waals surface area contributed by atoms with Gasteiger partial charge in [0.05, 0.1) is 12.7 Å². The van der Waals surface area contributed by atoms with Gasteiger partial charge in [-0.25, -0.2) is 0 Å². The number of hydrogen-bond acceptors (Lipinski definition) is 2. The van der Waals surface area contributed by atoms with Gasteiger partial charge in [-0.3, -0.25) is 4.90 Å². The summed E-state index contributed by atoms with van der Waals surface area (Å²) in [6.45, 7) is 7.85. The van der Waals surface area contributed by atoms with Gasteiger partial charge < -0.3 is 4.74 Å². The van der Waals surface area contributed by atoms with Crippen molar-refractivity contribution in [3.05, 3.63) is 0 Å². The number of fused-ring (bicyclic) bond motifs is 1. The largest absolute Gasteiger partial charge is 0.377 e. The zero-order chi connectivity index (χ0) is 10.0. The van der Waals surface area contributed by atoms with Gasteiger partial charge in [0.15, 0.2) is 0 Å². The van der Waals surface area contributed by atoms with Gasteiger partial charge in [0.2, 0.25) is 0 Å². The van der Waals surface area contributed by atoms with Crippen LogP contribution < -0.4 is 0 Å². The fourth-order valence-corrected chi connectivity index (χ4v) is 2.94. The lowest BCUT2D eigenvalue weighted by molar-refractivity contribution is -0.0299. The van der Waals surface area contributed by atoms with Crippen molar-refractivity contribution in [1.29, 1.82) is 0 Å². The number of rotatable bonds is 3. The molecule has 1 atom stereocenters. The van der Waals surface area contributed by atoms with E-state index >= 15 is 0 Å². The summed E-state index contributed by atoms with van der Waals surface area (Å²) in [5, 5.41) is 0. The molecule has 1 unspecified atom stereocenters. The smallest absolute Gasteiger partial charge is 0.0653 e. The molecule has 0 N–H and O–H groups in total. The molecule has 0 aromatic rings. The quantitative estimate of drug-likeness (QED) is 0.689. The highest BCUT2D eigenvalue weighted by atomic mass is 16.5. The first-order valence-electron chi connectivity index (χ1n) is 6.10. The van der Waals surface area contributed by atoms with Crippen LogP contribution in [0.5, 0.6) is 0 Å². The monoisotopic (exact) mass is 197 g/mol. The molecule has 0 aromatic heterocycles. The van der Waals surface area contributed by atoms with E-state index in [0.717, 1.165) is 6.61 Å². The van der Waals surface area contributed by atoms with Crippen molar-refractivity contribution in [1.82, 2.24) is 4.90 Å². The van der Waals surface area contributed by atoms with E-state index < -0.39 is 0 Å². The number of nitrogens with zero attached hydrogens (tertiary/aromatic N) is 1. The summed E-state index contributed by atoms with van der Waals surface area (Å²) < 4.78 is 5.84. The Kier molecular flexibility index (Phi) is 3.13. The maximum Gasteiger partial charge on any atom is 0.0653 e. The Hall–Kier alpha value is -0.0800. The van der Waals surface area contributed by atoms with Crippen LogP contribution in [0, 0.1) is 0 Å². The van der Waals surface area contributed by atoms with Crippen LogP contribution in [0.4, 0.5) is 0 Å². The molecular weight excluding hydrogens is 174 g/mol. The Labute approximate surface area is 87.6 Å². The zero-order valence-corrected chi connectivity index (χ0v) is 9.59. The molecule has 2 heterocycles. The Morgan fingerprint density at radius 3 is 2.64 bits per heavy atom. The second kappa shape index (κ2) is 4.19.